The zero-order chi connectivity index (χ0) is 13.1. The van der Waals surface area contributed by atoms with E-state index < -0.39 is 0 Å². The molecule has 1 aromatic carbocycles. The van der Waals surface area contributed by atoms with Gasteiger partial charge in [0.25, 0.3) is 0 Å². The number of rotatable bonds is 4. The van der Waals surface area contributed by atoms with Crippen LogP contribution in [0.3, 0.4) is 0 Å². The van der Waals surface area contributed by atoms with Crippen molar-refractivity contribution in [1.29, 1.82) is 0 Å². The molecule has 0 radical (unpaired) electrons. The lowest BCUT2D eigenvalue weighted by Crippen LogP contribution is -2.10. The van der Waals surface area contributed by atoms with Crippen LogP contribution in [0.2, 0.25) is 0 Å². The molecule has 0 saturated heterocycles. The van der Waals surface area contributed by atoms with E-state index in [-0.39, 0.29) is 0 Å². The molecule has 3 heteroatoms. The number of benzene rings is 1. The molecule has 1 atom stereocenters. The number of imidazole rings is 1. The van der Waals surface area contributed by atoms with Gasteiger partial charge in [0, 0.05) is 18.4 Å². The summed E-state index contributed by atoms with van der Waals surface area (Å²) >= 11 is 5.37. The predicted octanol–water partition coefficient (Wildman–Crippen LogP) is 4.47. The van der Waals surface area contributed by atoms with Crippen molar-refractivity contribution in [3.8, 4) is 0 Å². The second-order valence-corrected chi connectivity index (χ2v) is 5.48. The molecule has 2 aromatic rings. The lowest BCUT2D eigenvalue weighted by Gasteiger charge is -2.16. The van der Waals surface area contributed by atoms with Crippen LogP contribution < -0.4 is 0 Å². The molecule has 0 spiro atoms. The monoisotopic (exact) mass is 260 g/mol. The number of nitrogens with zero attached hydrogens (tertiary/aromatic N) is 1. The highest BCUT2D eigenvalue weighted by atomic mass is 32.1. The maximum Gasteiger partial charge on any atom is 0.177 e. The fourth-order valence-electron chi connectivity index (χ4n) is 2.24. The van der Waals surface area contributed by atoms with E-state index in [0.29, 0.717) is 11.8 Å². The summed E-state index contributed by atoms with van der Waals surface area (Å²) in [5, 5.41) is 0. The van der Waals surface area contributed by atoms with Gasteiger partial charge in [0.05, 0.1) is 0 Å². The van der Waals surface area contributed by atoms with Crippen molar-refractivity contribution < 1.29 is 0 Å². The maximum absolute atomic E-state index is 5.37. The fraction of sp³-hybridized carbons (Fsp3) is 0.400. The van der Waals surface area contributed by atoms with Crippen LogP contribution in [0, 0.1) is 4.77 Å². The molecule has 1 N–H and O–H groups in total. The van der Waals surface area contributed by atoms with Crippen LogP contribution in [0.25, 0.3) is 0 Å². The highest BCUT2D eigenvalue weighted by Gasteiger charge is 2.12. The van der Waals surface area contributed by atoms with Crippen molar-refractivity contribution in [1.82, 2.24) is 9.55 Å². The Balaban J connectivity index is 2.24. The van der Waals surface area contributed by atoms with Crippen molar-refractivity contribution in [2.75, 3.05) is 0 Å². The first-order valence-electron chi connectivity index (χ1n) is 6.42. The Morgan fingerprint density at radius 2 is 1.83 bits per heavy atom. The fourth-order valence-corrected chi connectivity index (χ4v) is 2.48. The summed E-state index contributed by atoms with van der Waals surface area (Å²) in [7, 11) is 0. The molecule has 1 aromatic heterocycles. The summed E-state index contributed by atoms with van der Waals surface area (Å²) in [4.78, 5) is 3.15. The number of hydrogen-bond donors (Lipinski definition) is 1. The summed E-state index contributed by atoms with van der Waals surface area (Å²) in [6, 6.07) is 10.6. The van der Waals surface area contributed by atoms with Crippen LogP contribution in [0.1, 0.15) is 43.9 Å². The van der Waals surface area contributed by atoms with Gasteiger partial charge in [-0.1, -0.05) is 51.1 Å². The normalized spacial score (nSPS) is 12.9. The highest BCUT2D eigenvalue weighted by Crippen LogP contribution is 2.21. The molecule has 96 valence electrons. The molecule has 1 unspecified atom stereocenters. The van der Waals surface area contributed by atoms with Crippen LogP contribution in [0.5, 0.6) is 0 Å². The van der Waals surface area contributed by atoms with Crippen LogP contribution in [-0.4, -0.2) is 9.55 Å². The number of aromatic amines is 1. The summed E-state index contributed by atoms with van der Waals surface area (Å²) in [5.74, 6) is 0.951. The number of aromatic nitrogens is 2. The second-order valence-electron chi connectivity index (χ2n) is 5.10. The van der Waals surface area contributed by atoms with Gasteiger partial charge in [-0.15, -0.1) is 0 Å². The van der Waals surface area contributed by atoms with Crippen LogP contribution >= 0.6 is 12.2 Å². The highest BCUT2D eigenvalue weighted by molar-refractivity contribution is 7.71. The first-order valence-corrected chi connectivity index (χ1v) is 6.83. The molecule has 0 aliphatic heterocycles. The molecule has 0 saturated carbocycles. The predicted molar refractivity (Wildman–Crippen MR) is 78.6 cm³/mol. The van der Waals surface area contributed by atoms with Crippen molar-refractivity contribution in [3.05, 3.63) is 52.6 Å². The van der Waals surface area contributed by atoms with Crippen LogP contribution in [0.15, 0.2) is 36.5 Å². The van der Waals surface area contributed by atoms with Crippen molar-refractivity contribution in [2.45, 2.75) is 39.2 Å². The van der Waals surface area contributed by atoms with Crippen LogP contribution in [0.4, 0.5) is 0 Å². The molecule has 2 nitrogen and oxygen atoms in total. The van der Waals surface area contributed by atoms with Gasteiger partial charge in [0.1, 0.15) is 0 Å². The summed E-state index contributed by atoms with van der Waals surface area (Å²) < 4.78 is 3.04. The molecule has 0 aliphatic rings. The van der Waals surface area contributed by atoms with Gasteiger partial charge in [-0.3, -0.25) is 0 Å². The summed E-state index contributed by atoms with van der Waals surface area (Å²) in [5.41, 5.74) is 2.64. The van der Waals surface area contributed by atoms with E-state index in [1.165, 1.54) is 11.3 Å². The van der Waals surface area contributed by atoms with Crippen LogP contribution in [-0.2, 0) is 6.54 Å². The Morgan fingerprint density at radius 1 is 1.17 bits per heavy atom. The maximum atomic E-state index is 5.37. The van der Waals surface area contributed by atoms with Gasteiger partial charge in [-0.05, 0) is 29.6 Å². The average Bonchev–Trinajstić information content (AvgIpc) is 2.72. The van der Waals surface area contributed by atoms with Gasteiger partial charge in [-0.25, -0.2) is 0 Å². The van der Waals surface area contributed by atoms with Crippen molar-refractivity contribution in [3.63, 3.8) is 0 Å². The zero-order valence-corrected chi connectivity index (χ0v) is 12.0. The Labute approximate surface area is 114 Å². The SMILES string of the molecule is CC(C)c1c[nH]c(=S)n1CC(C)c1ccccc1. The molecule has 1 heterocycles. The summed E-state index contributed by atoms with van der Waals surface area (Å²) in [6.07, 6.45) is 2.03. The third kappa shape index (κ3) is 2.72. The largest absolute Gasteiger partial charge is 0.337 e. The molecule has 18 heavy (non-hydrogen) atoms. The smallest absolute Gasteiger partial charge is 0.177 e. The van der Waals surface area contributed by atoms with E-state index in [9.17, 15) is 0 Å². The summed E-state index contributed by atoms with van der Waals surface area (Å²) in [6.45, 7) is 7.57. The number of H-pyrrole nitrogens is 1. The third-order valence-corrected chi connectivity index (χ3v) is 3.66. The van der Waals surface area contributed by atoms with E-state index in [1.807, 2.05) is 6.20 Å². The lowest BCUT2D eigenvalue weighted by atomic mass is 10.0. The first kappa shape index (κ1) is 13.1. The molecule has 0 amide bonds. The minimum Gasteiger partial charge on any atom is -0.337 e. The molecule has 0 fully saturated rings. The average molecular weight is 260 g/mol. The standard InChI is InChI=1S/C15H20N2S/c1-11(2)14-9-16-15(18)17(14)10-12(3)13-7-5-4-6-8-13/h4-9,11-12H,10H2,1-3H3,(H,16,18). The molecule has 2 rings (SSSR count). The Hall–Kier alpha value is -1.35. The number of hydrogen-bond acceptors (Lipinski definition) is 1. The Kier molecular flexibility index (Phi) is 4.02. The van der Waals surface area contributed by atoms with E-state index >= 15 is 0 Å². The van der Waals surface area contributed by atoms with Crippen molar-refractivity contribution >= 4 is 12.2 Å². The van der Waals surface area contributed by atoms with E-state index in [2.05, 4.69) is 60.7 Å². The van der Waals surface area contributed by atoms with Gasteiger partial charge < -0.3 is 9.55 Å². The minimum atomic E-state index is 0.464. The Morgan fingerprint density at radius 3 is 2.44 bits per heavy atom. The van der Waals surface area contributed by atoms with Gasteiger partial charge in [0.15, 0.2) is 4.77 Å². The van der Waals surface area contributed by atoms with Crippen molar-refractivity contribution in [2.24, 2.45) is 0 Å². The molecular weight excluding hydrogens is 240 g/mol. The second kappa shape index (κ2) is 5.53. The van der Waals surface area contributed by atoms with Gasteiger partial charge in [-0.2, -0.15) is 0 Å². The topological polar surface area (TPSA) is 20.7 Å². The molecule has 0 bridgehead atoms. The molecule has 0 aliphatic carbocycles. The molecular formula is C15H20N2S. The number of nitrogens with one attached hydrogen (secondary N) is 1. The quantitative estimate of drug-likeness (QED) is 0.804. The minimum absolute atomic E-state index is 0.464. The Bertz CT molecular complexity index is 551. The third-order valence-electron chi connectivity index (χ3n) is 3.32. The van der Waals surface area contributed by atoms with Gasteiger partial charge >= 0.3 is 0 Å². The van der Waals surface area contributed by atoms with E-state index in [1.54, 1.807) is 0 Å². The zero-order valence-electron chi connectivity index (χ0n) is 11.2. The van der Waals surface area contributed by atoms with Gasteiger partial charge in [0.2, 0.25) is 0 Å². The van der Waals surface area contributed by atoms with E-state index in [4.69, 9.17) is 12.2 Å². The first-order chi connectivity index (χ1) is 8.59. The lowest BCUT2D eigenvalue weighted by molar-refractivity contribution is 0.559. The van der Waals surface area contributed by atoms with E-state index in [0.717, 1.165) is 11.3 Å².